The summed E-state index contributed by atoms with van der Waals surface area (Å²) >= 11 is 0. The van der Waals surface area contributed by atoms with Gasteiger partial charge in [-0.2, -0.15) is 0 Å². The van der Waals surface area contributed by atoms with Gasteiger partial charge in [0.25, 0.3) is 0 Å². The van der Waals surface area contributed by atoms with E-state index in [9.17, 15) is 0 Å². The van der Waals surface area contributed by atoms with Crippen LogP contribution in [0.3, 0.4) is 0 Å². The Labute approximate surface area is 180 Å². The summed E-state index contributed by atoms with van der Waals surface area (Å²) in [6.45, 7) is 16.9. The van der Waals surface area contributed by atoms with Gasteiger partial charge in [0, 0.05) is 63.9 Å². The molecule has 0 amide bonds. The molecule has 0 radical (unpaired) electrons. The van der Waals surface area contributed by atoms with E-state index >= 15 is 0 Å². The lowest BCUT2D eigenvalue weighted by molar-refractivity contribution is 0.0525. The Hall–Kier alpha value is 0.154. The highest BCUT2D eigenvalue weighted by Crippen LogP contribution is 2.41. The van der Waals surface area contributed by atoms with E-state index < -0.39 is 17.6 Å². The maximum atomic E-state index is 6.21. The minimum Gasteiger partial charge on any atom is -0.381 e. The summed E-state index contributed by atoms with van der Waals surface area (Å²) in [6, 6.07) is 0. The van der Waals surface area contributed by atoms with E-state index in [-0.39, 0.29) is 11.1 Å². The van der Waals surface area contributed by atoms with Gasteiger partial charge in [0.15, 0.2) is 0 Å². The molecule has 0 saturated carbocycles. The van der Waals surface area contributed by atoms with Crippen LogP contribution in [0.2, 0.25) is 11.1 Å². The van der Waals surface area contributed by atoms with Gasteiger partial charge in [0.05, 0.1) is 0 Å². The molecule has 7 nitrogen and oxygen atoms in total. The van der Waals surface area contributed by atoms with Gasteiger partial charge in [-0.1, -0.05) is 0 Å². The van der Waals surface area contributed by atoms with Crippen molar-refractivity contribution in [1.82, 2.24) is 0 Å². The number of ether oxygens (including phenoxy) is 1. The maximum absolute atomic E-state index is 6.21. The van der Waals surface area contributed by atoms with Gasteiger partial charge >= 0.3 is 17.6 Å². The monoisotopic (exact) mass is 452 g/mol. The zero-order chi connectivity index (χ0) is 21.6. The fraction of sp³-hybridized carbons (Fsp3) is 1.00. The number of rotatable bonds is 14. The Kier molecular flexibility index (Phi) is 14.1. The summed E-state index contributed by atoms with van der Waals surface area (Å²) in [5, 5.41) is 0. The number of hydrogen-bond donors (Lipinski definition) is 0. The van der Waals surface area contributed by atoms with Crippen LogP contribution in [0.4, 0.5) is 0 Å². The van der Waals surface area contributed by atoms with Crippen molar-refractivity contribution in [1.29, 1.82) is 0 Å². The Bertz CT molecular complexity index is 344. The molecular weight excluding hydrogens is 408 g/mol. The van der Waals surface area contributed by atoms with Gasteiger partial charge in [0.1, 0.15) is 0 Å². The summed E-state index contributed by atoms with van der Waals surface area (Å²) in [5.41, 5.74) is 0.388. The lowest BCUT2D eigenvalue weighted by Crippen LogP contribution is -2.52. The highest BCUT2D eigenvalue weighted by molar-refractivity contribution is 6.63. The molecule has 0 aromatic rings. The van der Waals surface area contributed by atoms with Crippen molar-refractivity contribution < 1.29 is 31.3 Å². The summed E-state index contributed by atoms with van der Waals surface area (Å²) in [7, 11) is -5.61. The van der Waals surface area contributed by atoms with Crippen LogP contribution >= 0.6 is 0 Å². The highest BCUT2D eigenvalue weighted by Gasteiger charge is 2.52. The normalized spacial score (nSPS) is 22.1. The van der Waals surface area contributed by atoms with Gasteiger partial charge in [-0.05, 0) is 67.2 Å². The minimum atomic E-state index is -2.80. The maximum Gasteiger partial charge on any atom is 0.504 e. The summed E-state index contributed by atoms with van der Waals surface area (Å²) in [4.78, 5) is 0. The van der Waals surface area contributed by atoms with E-state index in [0.29, 0.717) is 52.9 Å². The van der Waals surface area contributed by atoms with Crippen molar-refractivity contribution in [2.75, 3.05) is 52.9 Å². The van der Waals surface area contributed by atoms with Crippen molar-refractivity contribution in [2.24, 2.45) is 0 Å². The highest BCUT2D eigenvalue weighted by atomic mass is 28.4. The second kappa shape index (κ2) is 15.0. The van der Waals surface area contributed by atoms with Gasteiger partial charge in [0.2, 0.25) is 0 Å². The zero-order valence-electron chi connectivity index (χ0n) is 19.5. The molecule has 1 aliphatic heterocycles. The van der Waals surface area contributed by atoms with Crippen LogP contribution in [-0.2, 0) is 31.3 Å². The molecule has 2 unspecified atom stereocenters. The largest absolute Gasteiger partial charge is 0.504 e. The van der Waals surface area contributed by atoms with Crippen molar-refractivity contribution in [3.8, 4) is 0 Å². The van der Waals surface area contributed by atoms with Crippen LogP contribution in [0.1, 0.15) is 67.2 Å². The van der Waals surface area contributed by atoms with Crippen molar-refractivity contribution >= 4 is 17.6 Å². The predicted octanol–water partition coefficient (Wildman–Crippen LogP) is 4.41. The second-order valence-corrected chi connectivity index (χ2v) is 12.7. The molecule has 174 valence electrons. The SMILES string of the molecule is CCO[Si](OCC)(OCC)C1CCOCCC([Si](OCC)(OCC)OCC)CC1. The Balaban J connectivity index is 3.12. The zero-order valence-corrected chi connectivity index (χ0v) is 21.5. The molecule has 0 bridgehead atoms. The van der Waals surface area contributed by atoms with E-state index in [4.69, 9.17) is 31.3 Å². The number of hydrogen-bond acceptors (Lipinski definition) is 7. The van der Waals surface area contributed by atoms with Gasteiger partial charge in [-0.3, -0.25) is 0 Å². The minimum absolute atomic E-state index is 0.194. The Morgan fingerprint density at radius 2 is 0.793 bits per heavy atom. The molecule has 1 rings (SSSR count). The van der Waals surface area contributed by atoms with Gasteiger partial charge in [-0.25, -0.2) is 0 Å². The Morgan fingerprint density at radius 3 is 1.03 bits per heavy atom. The van der Waals surface area contributed by atoms with E-state index in [0.717, 1.165) is 25.7 Å². The summed E-state index contributed by atoms with van der Waals surface area (Å²) < 4.78 is 43.2. The van der Waals surface area contributed by atoms with Crippen LogP contribution in [0.15, 0.2) is 0 Å². The van der Waals surface area contributed by atoms with Crippen LogP contribution < -0.4 is 0 Å². The van der Waals surface area contributed by atoms with Crippen LogP contribution in [-0.4, -0.2) is 70.5 Å². The molecule has 0 aliphatic carbocycles. The molecule has 1 aliphatic rings. The van der Waals surface area contributed by atoms with Crippen molar-refractivity contribution in [2.45, 2.75) is 78.3 Å². The smallest absolute Gasteiger partial charge is 0.381 e. The van der Waals surface area contributed by atoms with Crippen molar-refractivity contribution in [3.05, 3.63) is 0 Å². The average Bonchev–Trinajstić information content (AvgIpc) is 2.81. The van der Waals surface area contributed by atoms with E-state index in [1.807, 2.05) is 41.5 Å². The fourth-order valence-electron chi connectivity index (χ4n) is 4.12. The molecular formula is C20H44O7Si2. The average molecular weight is 453 g/mol. The van der Waals surface area contributed by atoms with Crippen LogP contribution in [0.25, 0.3) is 0 Å². The third-order valence-electron chi connectivity index (χ3n) is 5.16. The van der Waals surface area contributed by atoms with E-state index in [2.05, 4.69) is 0 Å². The van der Waals surface area contributed by atoms with Crippen LogP contribution in [0, 0.1) is 0 Å². The topological polar surface area (TPSA) is 64.6 Å². The lowest BCUT2D eigenvalue weighted by atomic mass is 10.1. The first kappa shape index (κ1) is 27.2. The van der Waals surface area contributed by atoms with Crippen molar-refractivity contribution in [3.63, 3.8) is 0 Å². The second-order valence-electron chi connectivity index (χ2n) is 6.97. The first-order chi connectivity index (χ1) is 14.1. The molecule has 0 spiro atoms. The third kappa shape index (κ3) is 7.97. The summed E-state index contributed by atoms with van der Waals surface area (Å²) in [6.07, 6.45) is 3.63. The standard InChI is InChI=1S/C20H44O7Si2/c1-7-22-28(23-8-2,24-9-3)19-13-14-20(16-18-21-17-15-19)29(25-10-4,26-11-5)27-12-6/h19-20H,7-18H2,1-6H3. The quantitative estimate of drug-likeness (QED) is 0.362. The molecule has 9 heteroatoms. The molecule has 1 heterocycles. The molecule has 0 aromatic carbocycles. The van der Waals surface area contributed by atoms with Gasteiger partial charge in [-0.15, -0.1) is 0 Å². The van der Waals surface area contributed by atoms with E-state index in [1.54, 1.807) is 0 Å². The molecule has 29 heavy (non-hydrogen) atoms. The first-order valence-corrected chi connectivity index (χ1v) is 15.1. The summed E-state index contributed by atoms with van der Waals surface area (Å²) in [5.74, 6) is 0. The molecule has 1 fully saturated rings. The molecule has 0 N–H and O–H groups in total. The molecule has 1 saturated heterocycles. The van der Waals surface area contributed by atoms with E-state index in [1.165, 1.54) is 0 Å². The fourth-order valence-corrected chi connectivity index (χ4v) is 10.4. The third-order valence-corrected chi connectivity index (χ3v) is 12.5. The Morgan fingerprint density at radius 1 is 0.517 bits per heavy atom. The molecule has 2 atom stereocenters. The predicted molar refractivity (Wildman–Crippen MR) is 118 cm³/mol. The van der Waals surface area contributed by atoms with Crippen LogP contribution in [0.5, 0.6) is 0 Å². The lowest BCUT2D eigenvalue weighted by Gasteiger charge is -2.37. The van der Waals surface area contributed by atoms with Gasteiger partial charge < -0.3 is 31.3 Å². The first-order valence-electron chi connectivity index (χ1n) is 11.5. The molecule has 0 aromatic heterocycles.